The predicted molar refractivity (Wildman–Crippen MR) is 40.5 cm³/mol. The van der Waals surface area contributed by atoms with Crippen LogP contribution in [0.1, 0.15) is 5.69 Å². The van der Waals surface area contributed by atoms with Crippen LogP contribution in [0.4, 0.5) is 0 Å². The van der Waals surface area contributed by atoms with Crippen molar-refractivity contribution in [2.75, 3.05) is 14.1 Å². The smallest absolute Gasteiger partial charge is 0.0622 e. The lowest BCUT2D eigenvalue weighted by molar-refractivity contribution is 0.396. The Bertz CT molecular complexity index is 182. The van der Waals surface area contributed by atoms with Crippen molar-refractivity contribution in [3.63, 3.8) is 0 Å². The van der Waals surface area contributed by atoms with Gasteiger partial charge in [0, 0.05) is 18.8 Å². The highest BCUT2D eigenvalue weighted by Gasteiger charge is 1.92. The van der Waals surface area contributed by atoms with E-state index in [1.807, 2.05) is 26.2 Å². The van der Waals surface area contributed by atoms with E-state index in [0.717, 1.165) is 12.2 Å². The monoisotopic (exact) mass is 135 g/mol. The highest BCUT2D eigenvalue weighted by atomic mass is 15.1. The van der Waals surface area contributed by atoms with Crippen LogP contribution in [0, 0.1) is 6.07 Å². The fraction of sp³-hybridized carbons (Fsp3) is 0.375. The topological polar surface area (TPSA) is 16.1 Å². The molecule has 0 spiro atoms. The maximum atomic E-state index is 4.12. The number of pyridine rings is 1. The number of hydrogen-bond acceptors (Lipinski definition) is 2. The first-order chi connectivity index (χ1) is 4.79. The molecule has 0 aromatic carbocycles. The van der Waals surface area contributed by atoms with E-state index in [9.17, 15) is 0 Å². The fourth-order valence-electron chi connectivity index (χ4n) is 0.744. The molecule has 0 atom stereocenters. The lowest BCUT2D eigenvalue weighted by atomic mass is 10.3. The van der Waals surface area contributed by atoms with E-state index in [1.165, 1.54) is 0 Å². The Balaban J connectivity index is 2.59. The number of aromatic nitrogens is 1. The third kappa shape index (κ3) is 2.15. The quantitative estimate of drug-likeness (QED) is 0.600. The van der Waals surface area contributed by atoms with Crippen LogP contribution in [-0.2, 0) is 6.54 Å². The highest BCUT2D eigenvalue weighted by molar-refractivity contribution is 5.00. The Morgan fingerprint density at radius 2 is 2.40 bits per heavy atom. The van der Waals surface area contributed by atoms with E-state index in [1.54, 1.807) is 6.20 Å². The lowest BCUT2D eigenvalue weighted by Gasteiger charge is -2.06. The van der Waals surface area contributed by atoms with Crippen LogP contribution in [0.5, 0.6) is 0 Å². The fourth-order valence-corrected chi connectivity index (χ4v) is 0.744. The van der Waals surface area contributed by atoms with Gasteiger partial charge in [-0.1, -0.05) is 6.07 Å². The van der Waals surface area contributed by atoms with Crippen LogP contribution < -0.4 is 0 Å². The maximum absolute atomic E-state index is 4.12. The minimum atomic E-state index is 0.862. The van der Waals surface area contributed by atoms with E-state index in [0.29, 0.717) is 0 Å². The molecule has 0 amide bonds. The number of rotatable bonds is 2. The summed E-state index contributed by atoms with van der Waals surface area (Å²) in [5.41, 5.74) is 0.993. The third-order valence-electron chi connectivity index (χ3n) is 1.13. The van der Waals surface area contributed by atoms with Gasteiger partial charge < -0.3 is 4.90 Å². The molecule has 0 aliphatic carbocycles. The minimum Gasteiger partial charge on any atom is -0.304 e. The van der Waals surface area contributed by atoms with Gasteiger partial charge in [-0.3, -0.25) is 4.98 Å². The van der Waals surface area contributed by atoms with Crippen molar-refractivity contribution < 1.29 is 0 Å². The van der Waals surface area contributed by atoms with Gasteiger partial charge >= 0.3 is 0 Å². The van der Waals surface area contributed by atoms with Crippen LogP contribution >= 0.6 is 0 Å². The van der Waals surface area contributed by atoms with Crippen molar-refractivity contribution in [2.45, 2.75) is 6.54 Å². The summed E-state index contributed by atoms with van der Waals surface area (Å²) in [5, 5.41) is 0. The van der Waals surface area contributed by atoms with Crippen molar-refractivity contribution in [2.24, 2.45) is 0 Å². The lowest BCUT2D eigenvalue weighted by Crippen LogP contribution is -2.11. The molecule has 1 aromatic rings. The summed E-state index contributed by atoms with van der Waals surface area (Å²) < 4.78 is 0. The summed E-state index contributed by atoms with van der Waals surface area (Å²) in [6.07, 6.45) is 1.79. The Morgan fingerprint density at radius 3 is 2.90 bits per heavy atom. The molecule has 1 aromatic heterocycles. The first-order valence-electron chi connectivity index (χ1n) is 3.25. The molecule has 0 unspecified atom stereocenters. The summed E-state index contributed by atoms with van der Waals surface area (Å²) in [5.74, 6) is 0. The molecule has 0 aliphatic heterocycles. The van der Waals surface area contributed by atoms with Crippen molar-refractivity contribution >= 4 is 0 Å². The molecular formula is C8H11N2. The summed E-state index contributed by atoms with van der Waals surface area (Å²) in [6, 6.07) is 6.80. The Kier molecular flexibility index (Phi) is 2.40. The van der Waals surface area contributed by atoms with Crippen LogP contribution in [-0.4, -0.2) is 24.0 Å². The molecule has 2 heteroatoms. The van der Waals surface area contributed by atoms with Crippen molar-refractivity contribution in [1.29, 1.82) is 0 Å². The second-order valence-corrected chi connectivity index (χ2v) is 2.47. The zero-order valence-corrected chi connectivity index (χ0v) is 6.33. The van der Waals surface area contributed by atoms with E-state index < -0.39 is 0 Å². The molecule has 1 radical (unpaired) electrons. The SMILES string of the molecule is CN(C)Cc1[c]cccn1. The first kappa shape index (κ1) is 7.22. The third-order valence-corrected chi connectivity index (χ3v) is 1.13. The predicted octanol–water partition coefficient (Wildman–Crippen LogP) is 0.943. The standard InChI is InChI=1S/C8H11N2/c1-10(2)7-8-5-3-4-6-9-8/h3-4,6H,7H2,1-2H3. The molecule has 0 saturated carbocycles. The van der Waals surface area contributed by atoms with E-state index in [-0.39, 0.29) is 0 Å². The summed E-state index contributed by atoms with van der Waals surface area (Å²) >= 11 is 0. The Labute approximate surface area is 61.5 Å². The number of nitrogens with zero attached hydrogens (tertiary/aromatic N) is 2. The van der Waals surface area contributed by atoms with Gasteiger partial charge in [0.05, 0.1) is 5.69 Å². The van der Waals surface area contributed by atoms with E-state index in [4.69, 9.17) is 0 Å². The van der Waals surface area contributed by atoms with E-state index >= 15 is 0 Å². The van der Waals surface area contributed by atoms with Crippen LogP contribution in [0.15, 0.2) is 18.3 Å². The van der Waals surface area contributed by atoms with Crippen LogP contribution in [0.25, 0.3) is 0 Å². The van der Waals surface area contributed by atoms with Crippen LogP contribution in [0.3, 0.4) is 0 Å². The maximum Gasteiger partial charge on any atom is 0.0622 e. The van der Waals surface area contributed by atoms with Gasteiger partial charge in [0.15, 0.2) is 0 Å². The molecule has 1 rings (SSSR count). The van der Waals surface area contributed by atoms with Crippen molar-refractivity contribution in [3.05, 3.63) is 30.1 Å². The zero-order chi connectivity index (χ0) is 7.40. The molecule has 0 N–H and O–H groups in total. The highest BCUT2D eigenvalue weighted by Crippen LogP contribution is 1.93. The minimum absolute atomic E-state index is 0.862. The molecular weight excluding hydrogens is 124 g/mol. The Morgan fingerprint density at radius 1 is 1.60 bits per heavy atom. The molecule has 0 saturated heterocycles. The largest absolute Gasteiger partial charge is 0.304 e. The van der Waals surface area contributed by atoms with Crippen molar-refractivity contribution in [1.82, 2.24) is 9.88 Å². The average molecular weight is 135 g/mol. The average Bonchev–Trinajstić information content (AvgIpc) is 1.88. The second kappa shape index (κ2) is 3.32. The molecule has 0 aliphatic rings. The first-order valence-corrected chi connectivity index (χ1v) is 3.25. The van der Waals surface area contributed by atoms with Gasteiger partial charge in [0.1, 0.15) is 0 Å². The van der Waals surface area contributed by atoms with Gasteiger partial charge in [0.2, 0.25) is 0 Å². The van der Waals surface area contributed by atoms with E-state index in [2.05, 4.69) is 16.0 Å². The molecule has 10 heavy (non-hydrogen) atoms. The van der Waals surface area contributed by atoms with Gasteiger partial charge in [-0.15, -0.1) is 0 Å². The second-order valence-electron chi connectivity index (χ2n) is 2.47. The summed E-state index contributed by atoms with van der Waals surface area (Å²) in [7, 11) is 4.03. The molecule has 2 nitrogen and oxygen atoms in total. The van der Waals surface area contributed by atoms with Gasteiger partial charge in [-0.05, 0) is 20.2 Å². The normalized spacial score (nSPS) is 10.3. The summed E-state index contributed by atoms with van der Waals surface area (Å²) in [4.78, 5) is 6.19. The summed E-state index contributed by atoms with van der Waals surface area (Å²) in [6.45, 7) is 0.862. The molecule has 0 bridgehead atoms. The van der Waals surface area contributed by atoms with Gasteiger partial charge in [-0.25, -0.2) is 0 Å². The van der Waals surface area contributed by atoms with Crippen molar-refractivity contribution in [3.8, 4) is 0 Å². The zero-order valence-electron chi connectivity index (χ0n) is 6.33. The molecule has 1 heterocycles. The number of hydrogen-bond donors (Lipinski definition) is 0. The molecule has 53 valence electrons. The van der Waals surface area contributed by atoms with Crippen LogP contribution in [0.2, 0.25) is 0 Å². The molecule has 0 fully saturated rings. The Hall–Kier alpha value is -0.890. The van der Waals surface area contributed by atoms with Gasteiger partial charge in [0.25, 0.3) is 0 Å². The van der Waals surface area contributed by atoms with Gasteiger partial charge in [-0.2, -0.15) is 0 Å².